The Morgan fingerprint density at radius 3 is 2.58 bits per heavy atom. The SMILES string of the molecule is [2H]c1c([2H])c(NCc2c([2H])c([2H])c(CN3CCOCC3)c([2H])c2[2H])c2c(c1[2H])C(=O)N(C1CCC(=O)NC1=O)C2. The van der Waals surface area contributed by atoms with Crippen LogP contribution in [0.1, 0.15) is 49.5 Å². The molecule has 172 valence electrons. The van der Waals surface area contributed by atoms with Crippen LogP contribution in [-0.2, 0) is 34.0 Å². The van der Waals surface area contributed by atoms with Crippen molar-refractivity contribution in [3.8, 4) is 0 Å². The van der Waals surface area contributed by atoms with Gasteiger partial charge in [-0.05, 0) is 29.6 Å². The third-order valence-corrected chi connectivity index (χ3v) is 6.02. The molecule has 2 aromatic carbocycles. The minimum Gasteiger partial charge on any atom is -0.381 e. The van der Waals surface area contributed by atoms with Gasteiger partial charge in [0.05, 0.1) is 22.8 Å². The van der Waals surface area contributed by atoms with Crippen molar-refractivity contribution in [3.63, 3.8) is 0 Å². The van der Waals surface area contributed by atoms with Crippen molar-refractivity contribution in [1.29, 1.82) is 0 Å². The molecule has 2 aromatic rings. The van der Waals surface area contributed by atoms with Crippen molar-refractivity contribution >= 4 is 23.4 Å². The van der Waals surface area contributed by atoms with Gasteiger partial charge in [0, 0.05) is 56.0 Å². The monoisotopic (exact) mass is 455 g/mol. The van der Waals surface area contributed by atoms with Crippen LogP contribution in [0.25, 0.3) is 0 Å². The molecule has 0 bridgehead atoms. The number of fused-ring (bicyclic) bond motifs is 1. The number of carbonyl (C=O) groups is 3. The van der Waals surface area contributed by atoms with Crippen molar-refractivity contribution < 1.29 is 28.7 Å². The number of rotatable bonds is 6. The first-order valence-corrected chi connectivity index (χ1v) is 10.9. The van der Waals surface area contributed by atoms with E-state index in [0.717, 1.165) is 0 Å². The predicted molar refractivity (Wildman–Crippen MR) is 122 cm³/mol. The summed E-state index contributed by atoms with van der Waals surface area (Å²) in [5.41, 5.74) is 0.504. The first-order chi connectivity index (χ1) is 19.0. The number of piperidine rings is 1. The third-order valence-electron chi connectivity index (χ3n) is 6.02. The van der Waals surface area contributed by atoms with Crippen LogP contribution in [0.5, 0.6) is 0 Å². The molecule has 2 fully saturated rings. The highest BCUT2D eigenvalue weighted by molar-refractivity contribution is 6.06. The highest BCUT2D eigenvalue weighted by Crippen LogP contribution is 2.32. The van der Waals surface area contributed by atoms with Gasteiger partial charge in [-0.15, -0.1) is 0 Å². The molecule has 0 aliphatic carbocycles. The Balaban J connectivity index is 1.45. The van der Waals surface area contributed by atoms with E-state index in [4.69, 9.17) is 14.3 Å². The molecule has 33 heavy (non-hydrogen) atoms. The van der Waals surface area contributed by atoms with Crippen LogP contribution >= 0.6 is 0 Å². The molecule has 5 rings (SSSR count). The molecule has 1 atom stereocenters. The predicted octanol–water partition coefficient (Wildman–Crippen LogP) is 1.89. The zero-order valence-electron chi connectivity index (χ0n) is 25.0. The Hall–Kier alpha value is -3.23. The maximum Gasteiger partial charge on any atom is 0.255 e. The number of benzene rings is 2. The quantitative estimate of drug-likeness (QED) is 0.647. The molecule has 2 saturated heterocycles. The van der Waals surface area contributed by atoms with Crippen molar-refractivity contribution in [3.05, 3.63) is 64.6 Å². The second kappa shape index (κ2) is 9.33. The number of nitrogens with zero attached hydrogens (tertiary/aromatic N) is 2. The summed E-state index contributed by atoms with van der Waals surface area (Å²) in [5.74, 6) is -1.72. The number of hydrogen-bond acceptors (Lipinski definition) is 6. The number of anilines is 1. The molecule has 3 heterocycles. The van der Waals surface area contributed by atoms with E-state index in [-0.39, 0.29) is 90.6 Å². The maximum absolute atomic E-state index is 13.3. The average Bonchev–Trinajstić information content (AvgIpc) is 3.27. The average molecular weight is 456 g/mol. The van der Waals surface area contributed by atoms with E-state index in [9.17, 15) is 14.4 Å². The number of imide groups is 1. The van der Waals surface area contributed by atoms with Crippen LogP contribution < -0.4 is 10.6 Å². The van der Waals surface area contributed by atoms with E-state index in [0.29, 0.717) is 26.3 Å². The van der Waals surface area contributed by atoms with Crippen LogP contribution in [0.4, 0.5) is 5.69 Å². The molecule has 8 heteroatoms. The van der Waals surface area contributed by atoms with E-state index in [1.54, 1.807) is 0 Å². The zero-order chi connectivity index (χ0) is 28.9. The van der Waals surface area contributed by atoms with Crippen molar-refractivity contribution in [2.75, 3.05) is 31.6 Å². The van der Waals surface area contributed by atoms with E-state index >= 15 is 0 Å². The molecule has 3 amide bonds. The molecule has 1 unspecified atom stereocenters. The number of amides is 3. The number of nitrogens with one attached hydrogen (secondary N) is 2. The van der Waals surface area contributed by atoms with Gasteiger partial charge < -0.3 is 15.0 Å². The number of hydrogen-bond donors (Lipinski definition) is 2. The summed E-state index contributed by atoms with van der Waals surface area (Å²) >= 11 is 0. The lowest BCUT2D eigenvalue weighted by atomic mass is 10.0. The number of morpholine rings is 1. The second-order valence-electron chi connectivity index (χ2n) is 8.20. The third kappa shape index (κ3) is 4.62. The lowest BCUT2D eigenvalue weighted by Gasteiger charge is -2.29. The van der Waals surface area contributed by atoms with Crippen LogP contribution in [-0.4, -0.2) is 59.9 Å². The molecular formula is C25H28N4O4. The Morgan fingerprint density at radius 2 is 1.82 bits per heavy atom. The first kappa shape index (κ1) is 14.8. The lowest BCUT2D eigenvalue weighted by molar-refractivity contribution is -0.136. The molecule has 3 aliphatic rings. The van der Waals surface area contributed by atoms with Crippen LogP contribution in [0, 0.1) is 0 Å². The van der Waals surface area contributed by atoms with Gasteiger partial charge in [-0.1, -0.05) is 30.2 Å². The van der Waals surface area contributed by atoms with Gasteiger partial charge in [-0.3, -0.25) is 24.6 Å². The lowest BCUT2D eigenvalue weighted by Crippen LogP contribution is -2.52. The van der Waals surface area contributed by atoms with E-state index < -0.39 is 35.8 Å². The molecule has 8 nitrogen and oxygen atoms in total. The Morgan fingerprint density at radius 1 is 1.06 bits per heavy atom. The maximum atomic E-state index is 13.3. The van der Waals surface area contributed by atoms with E-state index in [1.807, 2.05) is 4.90 Å². The number of carbonyl (C=O) groups excluding carboxylic acids is 3. The van der Waals surface area contributed by atoms with Gasteiger partial charge in [-0.2, -0.15) is 0 Å². The standard InChI is InChI=1S/C25H28N4O4/c30-23-9-8-22(24(31)27-23)29-16-20-19(25(29)32)2-1-3-21(20)26-14-17-4-6-18(7-5-17)15-28-10-12-33-13-11-28/h1-7,22,26H,8-16H2,(H,27,30,31)/i1D,2D,3D,4D,5D,6D,7D. The second-order valence-corrected chi connectivity index (χ2v) is 8.20. The summed E-state index contributed by atoms with van der Waals surface area (Å²) in [6.45, 7) is 2.20. The van der Waals surface area contributed by atoms with Crippen molar-refractivity contribution in [2.24, 2.45) is 0 Å². The topological polar surface area (TPSA) is 91.0 Å². The van der Waals surface area contributed by atoms with Gasteiger partial charge >= 0.3 is 0 Å². The van der Waals surface area contributed by atoms with Crippen molar-refractivity contribution in [1.82, 2.24) is 15.1 Å². The largest absolute Gasteiger partial charge is 0.381 e. The van der Waals surface area contributed by atoms with Gasteiger partial charge in [0.1, 0.15) is 6.04 Å². The first-order valence-electron chi connectivity index (χ1n) is 14.4. The normalized spacial score (nSPS) is 24.1. The van der Waals surface area contributed by atoms with E-state index in [2.05, 4.69) is 10.6 Å². The fourth-order valence-electron chi connectivity index (χ4n) is 4.23. The fourth-order valence-corrected chi connectivity index (χ4v) is 4.23. The van der Waals surface area contributed by atoms with Gasteiger partial charge in [0.25, 0.3) is 5.91 Å². The molecule has 0 aromatic heterocycles. The fraction of sp³-hybridized carbons (Fsp3) is 0.400. The Kier molecular flexibility index (Phi) is 4.19. The van der Waals surface area contributed by atoms with Crippen LogP contribution in [0.15, 0.2) is 42.3 Å². The zero-order valence-corrected chi connectivity index (χ0v) is 18.0. The molecule has 0 radical (unpaired) electrons. The molecule has 0 spiro atoms. The number of ether oxygens (including phenoxy) is 1. The highest BCUT2D eigenvalue weighted by atomic mass is 16.5. The summed E-state index contributed by atoms with van der Waals surface area (Å²) in [5, 5.41) is 5.15. The molecule has 0 saturated carbocycles. The highest BCUT2D eigenvalue weighted by Gasteiger charge is 2.39. The minimum atomic E-state index is -0.941. The summed E-state index contributed by atoms with van der Waals surface area (Å²) in [7, 11) is 0. The molecule has 2 N–H and O–H groups in total. The van der Waals surface area contributed by atoms with Gasteiger partial charge in [0.15, 0.2) is 0 Å². The van der Waals surface area contributed by atoms with Crippen LogP contribution in [0.3, 0.4) is 0 Å². The van der Waals surface area contributed by atoms with E-state index in [1.165, 1.54) is 4.90 Å². The van der Waals surface area contributed by atoms with Gasteiger partial charge in [-0.25, -0.2) is 0 Å². The molecule has 3 aliphatic heterocycles. The minimum absolute atomic E-state index is 0.0494. The summed E-state index contributed by atoms with van der Waals surface area (Å²) in [6, 6.07) is -3.04. The summed E-state index contributed by atoms with van der Waals surface area (Å²) in [4.78, 5) is 40.5. The Labute approximate surface area is 202 Å². The van der Waals surface area contributed by atoms with Crippen molar-refractivity contribution in [2.45, 2.75) is 38.5 Å². The summed E-state index contributed by atoms with van der Waals surface area (Å²) < 4.78 is 64.5. The Bertz CT molecular complexity index is 1400. The summed E-state index contributed by atoms with van der Waals surface area (Å²) in [6.07, 6.45) is 0.162. The molecular weight excluding hydrogens is 420 g/mol. The van der Waals surface area contributed by atoms with Gasteiger partial charge in [0.2, 0.25) is 11.8 Å². The van der Waals surface area contributed by atoms with Crippen LogP contribution in [0.2, 0.25) is 0 Å². The smallest absolute Gasteiger partial charge is 0.255 e.